The Morgan fingerprint density at radius 1 is 1.69 bits per heavy atom. The largest absolute Gasteiger partial charge is 0.340 e. The Morgan fingerprint density at radius 3 is 3.00 bits per heavy atom. The van der Waals surface area contributed by atoms with Gasteiger partial charge in [0, 0.05) is 26.7 Å². The Bertz CT molecular complexity index is 366. The molecule has 1 N–H and O–H groups in total. The van der Waals surface area contributed by atoms with Crippen molar-refractivity contribution in [1.82, 2.24) is 5.32 Å². The van der Waals surface area contributed by atoms with Crippen molar-refractivity contribution in [2.75, 3.05) is 0 Å². The van der Waals surface area contributed by atoms with Crippen LogP contribution in [0.4, 0.5) is 0 Å². The molecule has 0 unspecified atom stereocenters. The third-order valence-electron chi connectivity index (χ3n) is 1.21. The van der Waals surface area contributed by atoms with Gasteiger partial charge in [0.2, 0.25) is 0 Å². The van der Waals surface area contributed by atoms with Crippen LogP contribution in [-0.4, -0.2) is 5.91 Å². The van der Waals surface area contributed by atoms with Crippen molar-refractivity contribution in [1.29, 1.82) is 0 Å². The van der Waals surface area contributed by atoms with Gasteiger partial charge in [-0.15, -0.1) is 11.3 Å². The molecule has 1 aromatic rings. The number of nitrogens with one attached hydrogen (secondary N) is 1. The van der Waals surface area contributed by atoms with Crippen LogP contribution in [0, 0.1) is 10.8 Å². The maximum Gasteiger partial charge on any atom is 0.297 e. The molecule has 0 aliphatic heterocycles. The van der Waals surface area contributed by atoms with Gasteiger partial charge in [0.25, 0.3) is 5.91 Å². The molecular weight excluding hydrogens is 274 g/mol. The maximum atomic E-state index is 10.9. The molecule has 0 atom stereocenters. The highest BCUT2D eigenvalue weighted by Crippen LogP contribution is 2.20. The monoisotopic (exact) mass is 277 g/mol. The molecule has 2 nitrogen and oxygen atoms in total. The predicted octanol–water partition coefficient (Wildman–Crippen LogP) is 2.37. The zero-order chi connectivity index (χ0) is 9.68. The summed E-state index contributed by atoms with van der Waals surface area (Å²) in [6.45, 7) is 0.470. The van der Waals surface area contributed by atoms with Crippen LogP contribution in [0.25, 0.3) is 0 Å². The van der Waals surface area contributed by atoms with Gasteiger partial charge in [0.15, 0.2) is 0 Å². The molecule has 0 aromatic carbocycles. The minimum Gasteiger partial charge on any atom is -0.340 e. The smallest absolute Gasteiger partial charge is 0.297 e. The summed E-state index contributed by atoms with van der Waals surface area (Å²) in [6, 6.07) is 3.67. The lowest BCUT2D eigenvalue weighted by molar-refractivity contribution is -0.115. The summed E-state index contributed by atoms with van der Waals surface area (Å²) in [5, 5.41) is 2.62. The summed E-state index contributed by atoms with van der Waals surface area (Å²) in [5.41, 5.74) is 0. The molecule has 13 heavy (non-hydrogen) atoms. The summed E-state index contributed by atoms with van der Waals surface area (Å²) in [6.07, 6.45) is 0. The van der Waals surface area contributed by atoms with E-state index in [2.05, 4.69) is 32.0 Å². The lowest BCUT2D eigenvalue weighted by Crippen LogP contribution is -2.19. The molecule has 1 aromatic heterocycles. The lowest BCUT2D eigenvalue weighted by atomic mass is 10.4. The first-order chi connectivity index (χ1) is 6.22. The van der Waals surface area contributed by atoms with Crippen LogP contribution in [0.15, 0.2) is 12.1 Å². The first-order valence-electron chi connectivity index (χ1n) is 3.36. The fraction of sp³-hybridized carbons (Fsp3) is 0.125. The highest BCUT2D eigenvalue weighted by molar-refractivity contribution is 9.12. The van der Waals surface area contributed by atoms with Gasteiger partial charge in [-0.1, -0.05) is 11.6 Å². The number of thiophene rings is 1. The zero-order valence-electron chi connectivity index (χ0n) is 6.43. The second kappa shape index (κ2) is 5.28. The van der Waals surface area contributed by atoms with Gasteiger partial charge in [-0.3, -0.25) is 4.79 Å². The number of rotatable bonds is 2. The Morgan fingerprint density at radius 2 is 2.46 bits per heavy atom. The summed E-state index contributed by atoms with van der Waals surface area (Å²) >= 11 is 9.99. The quantitative estimate of drug-likeness (QED) is 0.827. The van der Waals surface area contributed by atoms with Crippen LogP contribution >= 0.6 is 38.9 Å². The van der Waals surface area contributed by atoms with Gasteiger partial charge in [0.1, 0.15) is 0 Å². The molecule has 0 fully saturated rings. The number of amides is 1. The van der Waals surface area contributed by atoms with Gasteiger partial charge >= 0.3 is 0 Å². The average Bonchev–Trinajstić information content (AvgIpc) is 2.49. The van der Waals surface area contributed by atoms with E-state index in [4.69, 9.17) is 11.6 Å². The molecule has 68 valence electrons. The van der Waals surface area contributed by atoms with E-state index in [0.717, 1.165) is 9.21 Å². The highest BCUT2D eigenvalue weighted by atomic mass is 79.9. The Kier molecular flexibility index (Phi) is 4.29. The summed E-state index contributed by atoms with van der Waals surface area (Å²) in [7, 11) is 0. The van der Waals surface area contributed by atoms with Gasteiger partial charge in [-0.25, -0.2) is 0 Å². The van der Waals surface area contributed by atoms with Crippen LogP contribution in [0.5, 0.6) is 0 Å². The Labute approximate surface area is 93.4 Å². The van der Waals surface area contributed by atoms with Crippen LogP contribution in [0.2, 0.25) is 4.34 Å². The van der Waals surface area contributed by atoms with E-state index in [9.17, 15) is 4.79 Å². The summed E-state index contributed by atoms with van der Waals surface area (Å²) in [4.78, 5) is 14.2. The van der Waals surface area contributed by atoms with Gasteiger partial charge in [0.05, 0.1) is 10.9 Å². The minimum atomic E-state index is -0.304. The molecule has 0 bridgehead atoms. The minimum absolute atomic E-state index is 0.304. The van der Waals surface area contributed by atoms with Gasteiger partial charge in [-0.05, 0) is 17.0 Å². The third kappa shape index (κ3) is 3.81. The zero-order valence-corrected chi connectivity index (χ0v) is 9.59. The molecule has 1 amide bonds. The van der Waals surface area contributed by atoms with Crippen LogP contribution in [-0.2, 0) is 11.3 Å². The third-order valence-corrected chi connectivity index (χ3v) is 2.64. The normalized spacial score (nSPS) is 8.77. The van der Waals surface area contributed by atoms with Crippen molar-refractivity contribution < 1.29 is 4.79 Å². The topological polar surface area (TPSA) is 29.1 Å². The van der Waals surface area contributed by atoms with Crippen molar-refractivity contribution in [3.05, 3.63) is 21.3 Å². The van der Waals surface area contributed by atoms with E-state index in [-0.39, 0.29) is 5.91 Å². The second-order valence-corrected chi connectivity index (χ2v) is 4.30. The van der Waals surface area contributed by atoms with Crippen LogP contribution < -0.4 is 5.32 Å². The molecule has 0 saturated heterocycles. The van der Waals surface area contributed by atoms with Crippen molar-refractivity contribution in [2.24, 2.45) is 0 Å². The number of carbonyl (C=O) groups is 1. The molecule has 0 radical (unpaired) electrons. The van der Waals surface area contributed by atoms with E-state index in [1.165, 1.54) is 11.3 Å². The summed E-state index contributed by atoms with van der Waals surface area (Å²) < 4.78 is 0.718. The standard InChI is InChI=1S/C8H5BrClNOS/c9-4-3-8(12)11-5-6-1-2-7(10)13-6/h1-2H,5H2,(H,11,12). The van der Waals surface area contributed by atoms with Gasteiger partial charge in [-0.2, -0.15) is 0 Å². The molecule has 1 heterocycles. The van der Waals surface area contributed by atoms with E-state index in [1.807, 2.05) is 6.07 Å². The second-order valence-electron chi connectivity index (χ2n) is 2.11. The molecule has 0 aliphatic carbocycles. The first-order valence-corrected chi connectivity index (χ1v) is 5.35. The van der Waals surface area contributed by atoms with E-state index in [1.54, 1.807) is 6.07 Å². The van der Waals surface area contributed by atoms with E-state index in [0.29, 0.717) is 6.54 Å². The number of hydrogen-bond acceptors (Lipinski definition) is 2. The van der Waals surface area contributed by atoms with E-state index < -0.39 is 0 Å². The number of halogens is 2. The van der Waals surface area contributed by atoms with Crippen molar-refractivity contribution in [3.8, 4) is 10.8 Å². The van der Waals surface area contributed by atoms with Crippen molar-refractivity contribution >= 4 is 44.8 Å². The van der Waals surface area contributed by atoms with Crippen LogP contribution in [0.1, 0.15) is 4.88 Å². The van der Waals surface area contributed by atoms with Crippen molar-refractivity contribution in [2.45, 2.75) is 6.54 Å². The predicted molar refractivity (Wildman–Crippen MR) is 57.9 cm³/mol. The number of carbonyl (C=O) groups excluding carboxylic acids is 1. The average molecular weight is 279 g/mol. The van der Waals surface area contributed by atoms with Gasteiger partial charge < -0.3 is 5.32 Å². The Hall–Kier alpha value is -0.500. The molecular formula is C8H5BrClNOS. The molecule has 0 aliphatic rings. The fourth-order valence-corrected chi connectivity index (χ4v) is 1.91. The highest BCUT2D eigenvalue weighted by Gasteiger charge is 1.99. The van der Waals surface area contributed by atoms with Crippen LogP contribution in [0.3, 0.4) is 0 Å². The SMILES string of the molecule is O=C(C#CBr)NCc1ccc(Cl)s1. The molecule has 0 spiro atoms. The first kappa shape index (κ1) is 10.6. The summed E-state index contributed by atoms with van der Waals surface area (Å²) in [5.74, 6) is 2.01. The molecule has 1 rings (SSSR count). The molecule has 5 heteroatoms. The maximum absolute atomic E-state index is 10.9. The lowest BCUT2D eigenvalue weighted by Gasteiger charge is -1.95. The van der Waals surface area contributed by atoms with Crippen molar-refractivity contribution in [3.63, 3.8) is 0 Å². The fourth-order valence-electron chi connectivity index (χ4n) is 0.701. The number of hydrogen-bond donors (Lipinski definition) is 1. The molecule has 0 saturated carbocycles. The van der Waals surface area contributed by atoms with E-state index >= 15 is 0 Å². The Balaban J connectivity index is 2.42.